The number of rotatable bonds is 3. The fourth-order valence-corrected chi connectivity index (χ4v) is 1.16. The van der Waals surface area contributed by atoms with E-state index in [1.165, 1.54) is 0 Å². The first-order chi connectivity index (χ1) is 5.72. The second-order valence-corrected chi connectivity index (χ2v) is 3.31. The van der Waals surface area contributed by atoms with Gasteiger partial charge in [0.25, 0.3) is 0 Å². The largest absolute Gasteiger partial charge is 0.457 e. The van der Waals surface area contributed by atoms with Crippen LogP contribution in [0.2, 0.25) is 0 Å². The first-order valence-corrected chi connectivity index (χ1v) is 4.44. The van der Waals surface area contributed by atoms with Crippen molar-refractivity contribution in [3.05, 3.63) is 22.6 Å². The summed E-state index contributed by atoms with van der Waals surface area (Å²) in [6.45, 7) is 2.68. The molecule has 1 aromatic rings. The number of furan rings is 1. The van der Waals surface area contributed by atoms with Crippen LogP contribution in [0.4, 0.5) is 0 Å². The molecule has 0 aliphatic carbocycles. The Labute approximate surface area is 80.5 Å². The third kappa shape index (κ3) is 2.72. The van der Waals surface area contributed by atoms with Gasteiger partial charge in [-0.1, -0.05) is 5.92 Å². The molecule has 0 spiro atoms. The molecule has 1 N–H and O–H groups in total. The predicted octanol–water partition coefficient (Wildman–Crippen LogP) is 2.15. The molecule has 0 saturated heterocycles. The fraction of sp³-hybridized carbons (Fsp3) is 0.333. The fourth-order valence-electron chi connectivity index (χ4n) is 0.768. The summed E-state index contributed by atoms with van der Waals surface area (Å²) in [4.78, 5) is 0. The molecule has 64 valence electrons. The lowest BCUT2D eigenvalue weighted by Gasteiger charge is -2.03. The maximum absolute atomic E-state index is 5.20. The van der Waals surface area contributed by atoms with Gasteiger partial charge in [-0.15, -0.1) is 6.42 Å². The van der Waals surface area contributed by atoms with E-state index >= 15 is 0 Å². The van der Waals surface area contributed by atoms with E-state index in [1.54, 1.807) is 6.26 Å². The smallest absolute Gasteiger partial charge is 0.169 e. The van der Waals surface area contributed by atoms with Crippen molar-refractivity contribution in [2.75, 3.05) is 0 Å². The molecule has 0 radical (unpaired) electrons. The van der Waals surface area contributed by atoms with Gasteiger partial charge in [0, 0.05) is 12.1 Å². The molecule has 1 rings (SSSR count). The second-order valence-electron chi connectivity index (χ2n) is 2.53. The minimum atomic E-state index is 0.0960. The Morgan fingerprint density at radius 3 is 3.08 bits per heavy atom. The SMILES string of the molecule is C#CC(C)NCc1coc(Br)c1. The molecule has 0 aromatic carbocycles. The molecular formula is C9H10BrNO. The molecule has 1 atom stereocenters. The highest BCUT2D eigenvalue weighted by molar-refractivity contribution is 9.10. The normalized spacial score (nSPS) is 12.4. The highest BCUT2D eigenvalue weighted by Gasteiger charge is 1.99. The highest BCUT2D eigenvalue weighted by Crippen LogP contribution is 2.13. The van der Waals surface area contributed by atoms with Crippen molar-refractivity contribution < 1.29 is 4.42 Å². The summed E-state index contributed by atoms with van der Waals surface area (Å²) in [5.41, 5.74) is 1.09. The molecule has 0 bridgehead atoms. The zero-order valence-corrected chi connectivity index (χ0v) is 8.39. The Bertz CT molecular complexity index is 287. The van der Waals surface area contributed by atoms with Crippen molar-refractivity contribution in [2.24, 2.45) is 0 Å². The van der Waals surface area contributed by atoms with E-state index in [4.69, 9.17) is 10.8 Å². The van der Waals surface area contributed by atoms with Gasteiger partial charge in [0.15, 0.2) is 4.67 Å². The van der Waals surface area contributed by atoms with E-state index in [-0.39, 0.29) is 6.04 Å². The van der Waals surface area contributed by atoms with Crippen LogP contribution < -0.4 is 5.32 Å². The average molecular weight is 228 g/mol. The maximum atomic E-state index is 5.20. The molecular weight excluding hydrogens is 218 g/mol. The van der Waals surface area contributed by atoms with Crippen LogP contribution >= 0.6 is 15.9 Å². The Morgan fingerprint density at radius 2 is 2.58 bits per heavy atom. The number of hydrogen-bond acceptors (Lipinski definition) is 2. The van der Waals surface area contributed by atoms with Crippen LogP contribution in [0.5, 0.6) is 0 Å². The van der Waals surface area contributed by atoms with E-state index in [1.807, 2.05) is 13.0 Å². The number of nitrogens with one attached hydrogen (secondary N) is 1. The molecule has 0 aliphatic rings. The third-order valence-electron chi connectivity index (χ3n) is 1.48. The van der Waals surface area contributed by atoms with Crippen LogP contribution in [0.1, 0.15) is 12.5 Å². The van der Waals surface area contributed by atoms with Crippen LogP contribution in [-0.2, 0) is 6.54 Å². The molecule has 1 heterocycles. The van der Waals surface area contributed by atoms with Gasteiger partial charge in [-0.2, -0.15) is 0 Å². The van der Waals surface area contributed by atoms with Gasteiger partial charge >= 0.3 is 0 Å². The van der Waals surface area contributed by atoms with Gasteiger partial charge in [0.2, 0.25) is 0 Å². The quantitative estimate of drug-likeness (QED) is 0.802. The molecule has 1 unspecified atom stereocenters. The standard InChI is InChI=1S/C9H10BrNO/c1-3-7(2)11-5-8-4-9(10)12-6-8/h1,4,6-7,11H,5H2,2H3. The van der Waals surface area contributed by atoms with Crippen LogP contribution in [0.25, 0.3) is 0 Å². The lowest BCUT2D eigenvalue weighted by atomic mass is 10.3. The molecule has 0 amide bonds. The Kier molecular flexibility index (Phi) is 3.39. The van der Waals surface area contributed by atoms with Crippen LogP contribution in [-0.4, -0.2) is 6.04 Å². The summed E-state index contributed by atoms with van der Waals surface area (Å²) in [5, 5.41) is 3.14. The summed E-state index contributed by atoms with van der Waals surface area (Å²) in [7, 11) is 0. The zero-order chi connectivity index (χ0) is 8.97. The van der Waals surface area contributed by atoms with Crippen molar-refractivity contribution in [1.29, 1.82) is 0 Å². The molecule has 12 heavy (non-hydrogen) atoms. The van der Waals surface area contributed by atoms with Crippen molar-refractivity contribution in [3.63, 3.8) is 0 Å². The molecule has 3 heteroatoms. The molecule has 2 nitrogen and oxygen atoms in total. The maximum Gasteiger partial charge on any atom is 0.169 e. The Hall–Kier alpha value is -0.720. The molecule has 0 fully saturated rings. The van der Waals surface area contributed by atoms with Crippen molar-refractivity contribution in [1.82, 2.24) is 5.32 Å². The molecule has 1 aromatic heterocycles. The van der Waals surface area contributed by atoms with E-state index in [0.717, 1.165) is 16.8 Å². The van der Waals surface area contributed by atoms with Crippen LogP contribution in [0.3, 0.4) is 0 Å². The Balaban J connectivity index is 2.39. The third-order valence-corrected chi connectivity index (χ3v) is 1.90. The van der Waals surface area contributed by atoms with Gasteiger partial charge in [0.05, 0.1) is 12.3 Å². The van der Waals surface area contributed by atoms with Crippen LogP contribution in [0, 0.1) is 12.3 Å². The minimum Gasteiger partial charge on any atom is -0.457 e. The van der Waals surface area contributed by atoms with E-state index in [2.05, 4.69) is 27.2 Å². The topological polar surface area (TPSA) is 25.2 Å². The minimum absolute atomic E-state index is 0.0960. The predicted molar refractivity (Wildman–Crippen MR) is 51.5 cm³/mol. The van der Waals surface area contributed by atoms with Gasteiger partial charge in [-0.3, -0.25) is 5.32 Å². The number of hydrogen-bond donors (Lipinski definition) is 1. The van der Waals surface area contributed by atoms with Crippen LogP contribution in [0.15, 0.2) is 21.4 Å². The monoisotopic (exact) mass is 227 g/mol. The first kappa shape index (κ1) is 9.37. The number of terminal acetylenes is 1. The summed E-state index contributed by atoms with van der Waals surface area (Å²) in [6, 6.07) is 2.01. The summed E-state index contributed by atoms with van der Waals surface area (Å²) in [5.74, 6) is 2.59. The van der Waals surface area contributed by atoms with Crippen molar-refractivity contribution in [3.8, 4) is 12.3 Å². The lowest BCUT2D eigenvalue weighted by Crippen LogP contribution is -2.23. The summed E-state index contributed by atoms with van der Waals surface area (Å²) >= 11 is 3.22. The van der Waals surface area contributed by atoms with Gasteiger partial charge in [-0.05, 0) is 28.9 Å². The first-order valence-electron chi connectivity index (χ1n) is 3.65. The van der Waals surface area contributed by atoms with E-state index in [0.29, 0.717) is 0 Å². The summed E-state index contributed by atoms with van der Waals surface area (Å²) < 4.78 is 5.80. The van der Waals surface area contributed by atoms with E-state index in [9.17, 15) is 0 Å². The molecule has 0 saturated carbocycles. The van der Waals surface area contributed by atoms with Crippen molar-refractivity contribution >= 4 is 15.9 Å². The molecule has 0 aliphatic heterocycles. The van der Waals surface area contributed by atoms with Gasteiger partial charge in [-0.25, -0.2) is 0 Å². The highest BCUT2D eigenvalue weighted by atomic mass is 79.9. The van der Waals surface area contributed by atoms with E-state index < -0.39 is 0 Å². The summed E-state index contributed by atoms with van der Waals surface area (Å²) in [6.07, 6.45) is 6.89. The average Bonchev–Trinajstić information content (AvgIpc) is 2.47. The lowest BCUT2D eigenvalue weighted by molar-refractivity contribution is 0.535. The Morgan fingerprint density at radius 1 is 1.83 bits per heavy atom. The second kappa shape index (κ2) is 4.34. The van der Waals surface area contributed by atoms with Gasteiger partial charge in [0.1, 0.15) is 0 Å². The van der Waals surface area contributed by atoms with Gasteiger partial charge < -0.3 is 4.42 Å². The number of halogens is 1. The van der Waals surface area contributed by atoms with Crippen molar-refractivity contribution in [2.45, 2.75) is 19.5 Å². The zero-order valence-electron chi connectivity index (χ0n) is 6.80.